The molecule has 1 aliphatic heterocycles. The molecule has 0 bridgehead atoms. The fraction of sp³-hybridized carbons (Fsp3) is 1.00. The van der Waals surface area contributed by atoms with Crippen LogP contribution in [-0.2, 0) is 18.9 Å². The summed E-state index contributed by atoms with van der Waals surface area (Å²) >= 11 is 0. The molecule has 2 unspecified atom stereocenters. The van der Waals surface area contributed by atoms with Gasteiger partial charge in [0.1, 0.15) is 0 Å². The quantitative estimate of drug-likeness (QED) is 0.600. The molecule has 16 heavy (non-hydrogen) atoms. The maximum Gasteiger partial charge on any atom is 0.0962 e. The topological polar surface area (TPSA) is 49.0 Å². The van der Waals surface area contributed by atoms with Crippen molar-refractivity contribution in [3.8, 4) is 0 Å². The van der Waals surface area contributed by atoms with Gasteiger partial charge in [0.05, 0.1) is 39.1 Å². The van der Waals surface area contributed by atoms with Crippen molar-refractivity contribution in [3.05, 3.63) is 0 Å². The minimum Gasteiger partial charge on any atom is -0.382 e. The van der Waals surface area contributed by atoms with Crippen LogP contribution in [0.1, 0.15) is 6.42 Å². The van der Waals surface area contributed by atoms with Crippen LogP contribution in [0.5, 0.6) is 0 Å². The lowest BCUT2D eigenvalue weighted by Crippen LogP contribution is -2.46. The van der Waals surface area contributed by atoms with E-state index in [2.05, 4.69) is 5.32 Å². The largest absolute Gasteiger partial charge is 0.382 e. The molecule has 1 saturated heterocycles. The number of hydrogen-bond donors (Lipinski definition) is 1. The Morgan fingerprint density at radius 2 is 2.06 bits per heavy atom. The number of likely N-dealkylation sites (N-methyl/N-ethyl adjacent to an activating group) is 1. The Bertz CT molecular complexity index is 168. The first kappa shape index (κ1) is 13.9. The van der Waals surface area contributed by atoms with E-state index in [1.165, 1.54) is 0 Å². The molecule has 0 amide bonds. The predicted molar refractivity (Wildman–Crippen MR) is 60.7 cm³/mol. The third-order valence-electron chi connectivity index (χ3n) is 2.67. The highest BCUT2D eigenvalue weighted by atomic mass is 16.6. The average Bonchev–Trinajstić information content (AvgIpc) is 2.34. The average molecular weight is 233 g/mol. The molecule has 5 nitrogen and oxygen atoms in total. The van der Waals surface area contributed by atoms with Gasteiger partial charge in [0.2, 0.25) is 0 Å². The van der Waals surface area contributed by atoms with Gasteiger partial charge >= 0.3 is 0 Å². The second-order valence-corrected chi connectivity index (χ2v) is 3.77. The molecule has 0 aromatic rings. The Balaban J connectivity index is 2.02. The third kappa shape index (κ3) is 5.23. The first-order valence-electron chi connectivity index (χ1n) is 5.81. The number of methoxy groups -OCH3 is 1. The summed E-state index contributed by atoms with van der Waals surface area (Å²) in [6, 6.07) is 0.396. The number of hydrogen-bond acceptors (Lipinski definition) is 5. The van der Waals surface area contributed by atoms with Gasteiger partial charge < -0.3 is 24.3 Å². The van der Waals surface area contributed by atoms with E-state index < -0.39 is 0 Å². The Morgan fingerprint density at radius 3 is 2.81 bits per heavy atom. The van der Waals surface area contributed by atoms with E-state index in [-0.39, 0.29) is 6.10 Å². The van der Waals surface area contributed by atoms with Crippen molar-refractivity contribution >= 4 is 0 Å². The molecule has 0 aliphatic carbocycles. The molecule has 96 valence electrons. The number of rotatable bonds is 8. The zero-order valence-corrected chi connectivity index (χ0v) is 10.2. The van der Waals surface area contributed by atoms with Gasteiger partial charge in [-0.15, -0.1) is 0 Å². The van der Waals surface area contributed by atoms with Crippen LogP contribution in [0.4, 0.5) is 0 Å². The Hall–Kier alpha value is -0.200. The van der Waals surface area contributed by atoms with E-state index >= 15 is 0 Å². The highest BCUT2D eigenvalue weighted by Crippen LogP contribution is 2.10. The monoisotopic (exact) mass is 233 g/mol. The first-order chi connectivity index (χ1) is 7.88. The van der Waals surface area contributed by atoms with Crippen LogP contribution < -0.4 is 5.32 Å². The van der Waals surface area contributed by atoms with Gasteiger partial charge in [-0.1, -0.05) is 0 Å². The third-order valence-corrected chi connectivity index (χ3v) is 2.67. The fourth-order valence-electron chi connectivity index (χ4n) is 1.71. The molecule has 2 atom stereocenters. The molecule has 1 fully saturated rings. The van der Waals surface area contributed by atoms with Gasteiger partial charge in [0.25, 0.3) is 0 Å². The van der Waals surface area contributed by atoms with Crippen LogP contribution in [0.25, 0.3) is 0 Å². The Kier molecular flexibility index (Phi) is 7.71. The van der Waals surface area contributed by atoms with E-state index in [9.17, 15) is 0 Å². The zero-order valence-electron chi connectivity index (χ0n) is 10.2. The van der Waals surface area contributed by atoms with Crippen molar-refractivity contribution < 1.29 is 18.9 Å². The van der Waals surface area contributed by atoms with Gasteiger partial charge in [0.15, 0.2) is 0 Å². The highest BCUT2D eigenvalue weighted by molar-refractivity contribution is 4.78. The Morgan fingerprint density at radius 1 is 1.25 bits per heavy atom. The van der Waals surface area contributed by atoms with Crippen molar-refractivity contribution in [3.63, 3.8) is 0 Å². The van der Waals surface area contributed by atoms with Crippen LogP contribution in [0, 0.1) is 0 Å². The van der Waals surface area contributed by atoms with Crippen molar-refractivity contribution in [2.75, 3.05) is 53.8 Å². The normalized spacial score (nSPS) is 25.9. The maximum atomic E-state index is 5.71. The molecule has 5 heteroatoms. The molecular formula is C11H23NO4. The summed E-state index contributed by atoms with van der Waals surface area (Å²) in [5.41, 5.74) is 0. The molecule has 0 saturated carbocycles. The Labute approximate surface area is 97.4 Å². The SMILES string of the molecule is CNC1CCOCC1OCCOCCOC. The van der Waals surface area contributed by atoms with Crippen LogP contribution in [0.2, 0.25) is 0 Å². The molecule has 1 aliphatic rings. The van der Waals surface area contributed by atoms with Crippen molar-refractivity contribution in [2.45, 2.75) is 18.6 Å². The van der Waals surface area contributed by atoms with E-state index in [1.807, 2.05) is 7.05 Å². The van der Waals surface area contributed by atoms with Gasteiger partial charge in [-0.25, -0.2) is 0 Å². The van der Waals surface area contributed by atoms with E-state index in [0.717, 1.165) is 13.0 Å². The summed E-state index contributed by atoms with van der Waals surface area (Å²) in [5.74, 6) is 0. The van der Waals surface area contributed by atoms with Crippen LogP contribution in [0.15, 0.2) is 0 Å². The van der Waals surface area contributed by atoms with Crippen molar-refractivity contribution in [2.24, 2.45) is 0 Å². The molecule has 1 N–H and O–H groups in total. The molecule has 1 heterocycles. The summed E-state index contributed by atoms with van der Waals surface area (Å²) in [6.45, 7) is 3.95. The predicted octanol–water partition coefficient (Wildman–Crippen LogP) is 0.0429. The lowest BCUT2D eigenvalue weighted by Gasteiger charge is -2.31. The van der Waals surface area contributed by atoms with Crippen LogP contribution in [-0.4, -0.2) is 65.9 Å². The molecule has 0 aromatic heterocycles. The van der Waals surface area contributed by atoms with Gasteiger partial charge in [-0.05, 0) is 13.5 Å². The zero-order chi connectivity index (χ0) is 11.6. The molecule has 0 spiro atoms. The smallest absolute Gasteiger partial charge is 0.0962 e. The second kappa shape index (κ2) is 8.90. The highest BCUT2D eigenvalue weighted by Gasteiger charge is 2.24. The van der Waals surface area contributed by atoms with E-state index in [1.54, 1.807) is 7.11 Å². The fourth-order valence-corrected chi connectivity index (χ4v) is 1.71. The molecular weight excluding hydrogens is 210 g/mol. The number of nitrogens with one attached hydrogen (secondary N) is 1. The van der Waals surface area contributed by atoms with Gasteiger partial charge in [-0.2, -0.15) is 0 Å². The standard InChI is InChI=1S/C11H23NO4/c1-12-10-3-4-15-9-11(10)16-8-7-14-6-5-13-2/h10-12H,3-9H2,1-2H3. The summed E-state index contributed by atoms with van der Waals surface area (Å²) in [4.78, 5) is 0. The molecule has 0 aromatic carbocycles. The number of ether oxygens (including phenoxy) is 4. The van der Waals surface area contributed by atoms with Crippen LogP contribution in [0.3, 0.4) is 0 Å². The summed E-state index contributed by atoms with van der Waals surface area (Å²) in [5, 5.41) is 3.25. The van der Waals surface area contributed by atoms with Crippen molar-refractivity contribution in [1.82, 2.24) is 5.32 Å². The van der Waals surface area contributed by atoms with Gasteiger partial charge in [-0.3, -0.25) is 0 Å². The summed E-state index contributed by atoms with van der Waals surface area (Å²) in [6.07, 6.45) is 1.15. The minimum atomic E-state index is 0.143. The first-order valence-corrected chi connectivity index (χ1v) is 5.81. The lowest BCUT2D eigenvalue weighted by molar-refractivity contribution is -0.0816. The molecule has 0 radical (unpaired) electrons. The summed E-state index contributed by atoms with van der Waals surface area (Å²) in [7, 11) is 3.62. The van der Waals surface area contributed by atoms with Crippen molar-refractivity contribution in [1.29, 1.82) is 0 Å². The maximum absolute atomic E-state index is 5.71. The second-order valence-electron chi connectivity index (χ2n) is 3.77. The molecule has 1 rings (SSSR count). The summed E-state index contributed by atoms with van der Waals surface area (Å²) < 4.78 is 21.3. The van der Waals surface area contributed by atoms with Crippen LogP contribution >= 0.6 is 0 Å². The lowest BCUT2D eigenvalue weighted by atomic mass is 10.1. The van der Waals surface area contributed by atoms with E-state index in [0.29, 0.717) is 39.1 Å². The van der Waals surface area contributed by atoms with Gasteiger partial charge in [0, 0.05) is 19.8 Å². The van der Waals surface area contributed by atoms with E-state index in [4.69, 9.17) is 18.9 Å². The minimum absolute atomic E-state index is 0.143.